The van der Waals surface area contributed by atoms with E-state index in [0.717, 1.165) is 27.2 Å². The fraction of sp³-hybridized carbons (Fsp3) is 0.244. The topological polar surface area (TPSA) is 25.8 Å². The van der Waals surface area contributed by atoms with Crippen molar-refractivity contribution >= 4 is 66.8 Å². The molecular weight excluding hydrogens is 938 g/mol. The molecule has 263 valence electrons. The van der Waals surface area contributed by atoms with Gasteiger partial charge in [0.2, 0.25) is 0 Å². The van der Waals surface area contributed by atoms with Crippen molar-refractivity contribution in [2.75, 3.05) is 0 Å². The minimum atomic E-state index is -1.82. The Kier molecular flexibility index (Phi) is 11.8. The van der Waals surface area contributed by atoms with Gasteiger partial charge in [0.05, 0.1) is 0 Å². The van der Waals surface area contributed by atoms with Gasteiger partial charge >= 0.3 is 267 Å². The van der Waals surface area contributed by atoms with Crippen molar-refractivity contribution < 1.29 is 22.8 Å². The van der Waals surface area contributed by atoms with Crippen LogP contribution in [0.2, 0.25) is 34.5 Å². The van der Waals surface area contributed by atoms with Crippen LogP contribution < -0.4 is 8.79 Å². The van der Waals surface area contributed by atoms with Crippen molar-refractivity contribution in [1.29, 1.82) is 0 Å². The molecule has 51 heavy (non-hydrogen) atoms. The standard InChI is InChI=1S/C30H30GeNS.C15H18GeN.Ir/c1-20(2)17-21-15-16-32-28(18-21)27-8-6-7-26-25-14-11-23(19-29(25)33-30(26)27)22-9-12-24(13-10-22)31(3,4)5;1-12-10-15(13-8-6-5-7-9-13)17-11-14(12)16(2,3)4;/h6-7,9-16,18-20H,17H2,1-5H3;5-8,10-11H,1-4H3;/q2*-1;/i17D2;;. The van der Waals surface area contributed by atoms with Crippen molar-refractivity contribution in [1.82, 2.24) is 9.97 Å². The van der Waals surface area contributed by atoms with E-state index in [0.29, 0.717) is 5.56 Å². The summed E-state index contributed by atoms with van der Waals surface area (Å²) < 4.78 is 22.4. The zero-order valence-corrected chi connectivity index (χ0v) is 38.5. The first-order chi connectivity index (χ1) is 24.5. The third kappa shape index (κ3) is 9.39. The van der Waals surface area contributed by atoms with Crippen LogP contribution in [0.1, 0.15) is 27.7 Å². The van der Waals surface area contributed by atoms with E-state index in [2.05, 4.69) is 130 Å². The monoisotopic (exact) mass is 991 g/mol. The average molecular weight is 988 g/mol. The van der Waals surface area contributed by atoms with E-state index in [9.17, 15) is 0 Å². The maximum atomic E-state index is 8.52. The number of nitrogens with zero attached hydrogens (tertiary/aromatic N) is 2. The Balaban J connectivity index is 0.000000253. The summed E-state index contributed by atoms with van der Waals surface area (Å²) >= 11 is -1.83. The molecule has 0 N–H and O–H groups in total. The van der Waals surface area contributed by atoms with Crippen LogP contribution in [-0.4, -0.2) is 36.5 Å². The Morgan fingerprint density at radius 1 is 0.745 bits per heavy atom. The third-order valence-corrected chi connectivity index (χ3v) is 18.9. The summed E-state index contributed by atoms with van der Waals surface area (Å²) in [5, 5.41) is 2.43. The van der Waals surface area contributed by atoms with E-state index in [-0.39, 0.29) is 26.0 Å². The first-order valence-corrected chi connectivity index (χ1v) is 32.9. The summed E-state index contributed by atoms with van der Waals surface area (Å²) in [4.78, 5) is 9.20. The van der Waals surface area contributed by atoms with Gasteiger partial charge in [-0.25, -0.2) is 0 Å². The van der Waals surface area contributed by atoms with Gasteiger partial charge in [-0.05, 0) is 18.4 Å². The van der Waals surface area contributed by atoms with E-state index in [1.807, 2.05) is 44.2 Å². The van der Waals surface area contributed by atoms with E-state index in [1.165, 1.54) is 41.0 Å². The zero-order valence-electron chi connectivity index (χ0n) is 33.1. The quantitative estimate of drug-likeness (QED) is 0.117. The minimum absolute atomic E-state index is 0. The summed E-state index contributed by atoms with van der Waals surface area (Å²) in [7, 11) is 0. The molecule has 7 rings (SSSR count). The van der Waals surface area contributed by atoms with Gasteiger partial charge in [-0.3, -0.25) is 0 Å². The molecule has 3 heterocycles. The van der Waals surface area contributed by atoms with Crippen LogP contribution >= 0.6 is 11.3 Å². The maximum absolute atomic E-state index is 8.52. The average Bonchev–Trinajstić information content (AvgIpc) is 3.49. The second kappa shape index (κ2) is 16.4. The first kappa shape index (κ1) is 36.5. The van der Waals surface area contributed by atoms with Gasteiger partial charge < -0.3 is 0 Å². The number of aromatic nitrogens is 2. The molecule has 0 aliphatic carbocycles. The van der Waals surface area contributed by atoms with Crippen molar-refractivity contribution in [3.63, 3.8) is 0 Å². The molecule has 3 aromatic heterocycles. The Morgan fingerprint density at radius 3 is 2.14 bits per heavy atom. The van der Waals surface area contributed by atoms with Gasteiger partial charge in [0.15, 0.2) is 0 Å². The molecule has 0 saturated heterocycles. The van der Waals surface area contributed by atoms with E-state index < -0.39 is 32.9 Å². The van der Waals surface area contributed by atoms with Crippen LogP contribution in [-0.2, 0) is 26.5 Å². The zero-order chi connectivity index (χ0) is 37.4. The van der Waals surface area contributed by atoms with Gasteiger partial charge in [-0.1, -0.05) is 19.4 Å². The molecule has 0 spiro atoms. The van der Waals surface area contributed by atoms with Gasteiger partial charge in [-0.15, -0.1) is 0 Å². The molecule has 0 aliphatic heterocycles. The molecule has 0 amide bonds. The second-order valence-corrected chi connectivity index (χ2v) is 37.7. The van der Waals surface area contributed by atoms with Crippen molar-refractivity contribution in [3.05, 3.63) is 133 Å². The molecule has 0 saturated carbocycles. The Morgan fingerprint density at radius 2 is 1.49 bits per heavy atom. The van der Waals surface area contributed by atoms with Crippen molar-refractivity contribution in [2.24, 2.45) is 5.92 Å². The molecule has 4 aromatic carbocycles. The van der Waals surface area contributed by atoms with Gasteiger partial charge in [0.25, 0.3) is 0 Å². The number of benzene rings is 4. The summed E-state index contributed by atoms with van der Waals surface area (Å²) in [6, 6.07) is 40.4. The number of thiophene rings is 1. The molecule has 0 bridgehead atoms. The molecule has 6 heteroatoms. The van der Waals surface area contributed by atoms with Gasteiger partial charge in [-0.2, -0.15) is 0 Å². The second-order valence-electron chi connectivity index (χ2n) is 15.4. The van der Waals surface area contributed by atoms with Gasteiger partial charge in [0, 0.05) is 29.0 Å². The summed E-state index contributed by atoms with van der Waals surface area (Å²) in [5.41, 5.74) is 8.32. The number of hydrogen-bond donors (Lipinski definition) is 0. The SMILES string of the molecule is Cc1cc(-c2[c-]cccc2)nc[c]1[Ge]([CH3])([CH3])[CH3].[2H]C([2H])(c1ccnc(-c2[c-]ccc3c2sc2cc(-c4cc[c]([Ge]([CH3])([CH3])[CH3])cc4)ccc23)c1)C(C)C.[Ir]. The van der Waals surface area contributed by atoms with Crippen LogP contribution in [0.15, 0.2) is 109 Å². The van der Waals surface area contributed by atoms with Crippen LogP contribution in [0.25, 0.3) is 53.8 Å². The smallest absolute Gasteiger partial charge is 0.0625 e. The predicted octanol–water partition coefficient (Wildman–Crippen LogP) is 11.7. The molecule has 0 aliphatic rings. The molecule has 0 fully saturated rings. The first-order valence-electron chi connectivity index (χ1n) is 18.4. The van der Waals surface area contributed by atoms with Crippen LogP contribution in [0.5, 0.6) is 0 Å². The molecule has 1 radical (unpaired) electrons. The number of aryl methyl sites for hydroxylation is 1. The number of fused-ring (bicyclic) bond motifs is 3. The fourth-order valence-electron chi connectivity index (χ4n) is 6.31. The normalized spacial score (nSPS) is 12.6. The number of hydrogen-bond acceptors (Lipinski definition) is 3. The Labute approximate surface area is 331 Å². The Bertz CT molecular complexity index is 2340. The molecule has 0 unspecified atom stereocenters. The summed E-state index contributed by atoms with van der Waals surface area (Å²) in [5.74, 6) is 14.4. The predicted molar refractivity (Wildman–Crippen MR) is 225 cm³/mol. The minimum Gasteiger partial charge on any atom is -0.0625 e. The van der Waals surface area contributed by atoms with Gasteiger partial charge in [0.1, 0.15) is 0 Å². The molecule has 0 atom stereocenters. The summed E-state index contributed by atoms with van der Waals surface area (Å²) in [6.07, 6.45) is 2.38. The molecule has 2 nitrogen and oxygen atoms in total. The molecule has 7 aromatic rings. The van der Waals surface area contributed by atoms with Crippen LogP contribution in [0.3, 0.4) is 0 Å². The Hall–Kier alpha value is -2.86. The van der Waals surface area contributed by atoms with E-state index in [4.69, 9.17) is 2.74 Å². The van der Waals surface area contributed by atoms with Crippen LogP contribution in [0.4, 0.5) is 0 Å². The fourth-order valence-corrected chi connectivity index (χ4v) is 13.6. The van der Waals surface area contributed by atoms with Crippen molar-refractivity contribution in [2.45, 2.75) is 61.7 Å². The number of pyridine rings is 2. The van der Waals surface area contributed by atoms with E-state index in [1.54, 1.807) is 23.6 Å². The summed E-state index contributed by atoms with van der Waals surface area (Å²) in [6.45, 7) is 6.02. The van der Waals surface area contributed by atoms with Crippen LogP contribution in [0, 0.1) is 25.0 Å². The third-order valence-electron chi connectivity index (χ3n) is 8.89. The molecular formula is C45H48Ge2IrN2S-2. The number of rotatable bonds is 7. The van der Waals surface area contributed by atoms with Crippen molar-refractivity contribution in [3.8, 4) is 33.6 Å². The van der Waals surface area contributed by atoms with E-state index >= 15 is 0 Å².